The van der Waals surface area contributed by atoms with Gasteiger partial charge in [0.05, 0.1) is 19.1 Å². The van der Waals surface area contributed by atoms with Gasteiger partial charge in [-0.15, -0.1) is 0 Å². The first-order valence-corrected chi connectivity index (χ1v) is 15.6. The Morgan fingerprint density at radius 2 is 1.63 bits per heavy atom. The van der Waals surface area contributed by atoms with Gasteiger partial charge in [-0.3, -0.25) is 13.9 Å². The van der Waals surface area contributed by atoms with E-state index in [0.717, 1.165) is 27.3 Å². The monoisotopic (exact) mass is 599 g/mol. The Balaban J connectivity index is 2.08. The third-order valence-corrected chi connectivity index (χ3v) is 7.88. The highest BCUT2D eigenvalue weighted by Gasteiger charge is 2.33. The van der Waals surface area contributed by atoms with Gasteiger partial charge in [-0.1, -0.05) is 74.0 Å². The van der Waals surface area contributed by atoms with Crippen LogP contribution in [0.2, 0.25) is 5.02 Å². The highest BCUT2D eigenvalue weighted by molar-refractivity contribution is 7.92. The molecule has 0 saturated carbocycles. The number of sulfonamides is 1. The number of aryl methyl sites for hydroxylation is 1. The van der Waals surface area contributed by atoms with Gasteiger partial charge >= 0.3 is 0 Å². The molecule has 0 radical (unpaired) electrons. The van der Waals surface area contributed by atoms with Crippen molar-refractivity contribution in [1.82, 2.24) is 10.2 Å². The molecule has 0 fully saturated rings. The molecule has 0 spiro atoms. The minimum absolute atomic E-state index is 0.0746. The van der Waals surface area contributed by atoms with E-state index in [0.29, 0.717) is 17.3 Å². The fourth-order valence-electron chi connectivity index (χ4n) is 4.35. The topological polar surface area (TPSA) is 96.0 Å². The van der Waals surface area contributed by atoms with Gasteiger partial charge in [0, 0.05) is 24.5 Å². The van der Waals surface area contributed by atoms with Crippen molar-refractivity contribution in [1.29, 1.82) is 0 Å². The van der Waals surface area contributed by atoms with Gasteiger partial charge in [0.25, 0.3) is 0 Å². The highest BCUT2D eigenvalue weighted by Crippen LogP contribution is 2.31. The number of rotatable bonds is 13. The summed E-state index contributed by atoms with van der Waals surface area (Å²) >= 11 is 6.10. The van der Waals surface area contributed by atoms with Crippen molar-refractivity contribution in [3.05, 3.63) is 94.5 Å². The molecular formula is C31H38ClN3O5S. The summed E-state index contributed by atoms with van der Waals surface area (Å²) in [6, 6.07) is 20.6. The summed E-state index contributed by atoms with van der Waals surface area (Å²) in [5.74, 6) is -0.335. The van der Waals surface area contributed by atoms with E-state index in [1.807, 2.05) is 51.1 Å². The Labute approximate surface area is 248 Å². The largest absolute Gasteiger partial charge is 0.495 e. The number of hydrogen-bond donors (Lipinski definition) is 1. The summed E-state index contributed by atoms with van der Waals surface area (Å²) in [6.07, 6.45) is 1.29. The van der Waals surface area contributed by atoms with Crippen LogP contribution < -0.4 is 14.4 Å². The molecule has 0 heterocycles. The summed E-state index contributed by atoms with van der Waals surface area (Å²) in [5.41, 5.74) is 2.66. The molecular weight excluding hydrogens is 562 g/mol. The predicted octanol–water partition coefficient (Wildman–Crippen LogP) is 4.84. The number of carbonyl (C=O) groups is 2. The number of ether oxygens (including phenoxy) is 1. The second-order valence-electron chi connectivity index (χ2n) is 10.4. The smallest absolute Gasteiger partial charge is 0.244 e. The fraction of sp³-hybridized carbons (Fsp3) is 0.355. The number of nitrogens with zero attached hydrogens (tertiary/aromatic N) is 2. The SMILES string of the molecule is COc1ccc(C)cc1N(CC(=O)N(Cc1ccc(Cl)cc1)[C@@H](Cc1ccccc1)C(=O)NCC(C)C)S(C)(=O)=O. The molecule has 3 aromatic rings. The first-order valence-electron chi connectivity index (χ1n) is 13.4. The fourth-order valence-corrected chi connectivity index (χ4v) is 5.32. The average Bonchev–Trinajstić information content (AvgIpc) is 2.93. The van der Waals surface area contributed by atoms with Crippen molar-refractivity contribution in [3.8, 4) is 5.75 Å². The van der Waals surface area contributed by atoms with Gasteiger partial charge in [0.15, 0.2) is 0 Å². The van der Waals surface area contributed by atoms with E-state index in [2.05, 4.69) is 5.32 Å². The van der Waals surface area contributed by atoms with Crippen LogP contribution in [0.1, 0.15) is 30.5 Å². The van der Waals surface area contributed by atoms with E-state index in [1.165, 1.54) is 12.0 Å². The molecule has 1 N–H and O–H groups in total. The van der Waals surface area contributed by atoms with Crippen LogP contribution in [0.15, 0.2) is 72.8 Å². The first-order chi connectivity index (χ1) is 19.4. The lowest BCUT2D eigenvalue weighted by molar-refractivity contribution is -0.140. The number of nitrogens with one attached hydrogen (secondary N) is 1. The summed E-state index contributed by atoms with van der Waals surface area (Å²) in [6.45, 7) is 5.79. The van der Waals surface area contributed by atoms with Gasteiger partial charge in [0.2, 0.25) is 21.8 Å². The van der Waals surface area contributed by atoms with Crippen LogP contribution in [0.25, 0.3) is 0 Å². The second-order valence-corrected chi connectivity index (χ2v) is 12.8. The summed E-state index contributed by atoms with van der Waals surface area (Å²) in [4.78, 5) is 29.3. The first kappa shape index (κ1) is 32.0. The molecule has 0 aliphatic carbocycles. The minimum Gasteiger partial charge on any atom is -0.495 e. The molecule has 0 saturated heterocycles. The Bertz CT molecular complexity index is 1430. The summed E-state index contributed by atoms with van der Waals surface area (Å²) < 4.78 is 32.6. The number of amides is 2. The lowest BCUT2D eigenvalue weighted by Crippen LogP contribution is -2.53. The van der Waals surface area contributed by atoms with E-state index >= 15 is 0 Å². The number of hydrogen-bond acceptors (Lipinski definition) is 5. The predicted molar refractivity (Wildman–Crippen MR) is 164 cm³/mol. The number of carbonyl (C=O) groups excluding carboxylic acids is 2. The second kappa shape index (κ2) is 14.4. The zero-order chi connectivity index (χ0) is 30.2. The van der Waals surface area contributed by atoms with E-state index in [-0.39, 0.29) is 30.5 Å². The molecule has 8 nitrogen and oxygen atoms in total. The molecule has 41 heavy (non-hydrogen) atoms. The van der Waals surface area contributed by atoms with E-state index in [4.69, 9.17) is 16.3 Å². The van der Waals surface area contributed by atoms with Gasteiger partial charge in [-0.2, -0.15) is 0 Å². The standard InChI is InChI=1S/C31H38ClN3O5S/c1-22(2)19-33-31(37)28(18-24-9-7-6-8-10-24)34(20-25-12-14-26(32)15-13-25)30(36)21-35(41(5,38)39)27-17-23(3)11-16-29(27)40-4/h6-17,22,28H,18-21H2,1-5H3,(H,33,37)/t28-/m0/s1. The van der Waals surface area contributed by atoms with Gasteiger partial charge < -0.3 is 15.0 Å². The third-order valence-electron chi connectivity index (χ3n) is 6.50. The van der Waals surface area contributed by atoms with E-state index < -0.39 is 28.5 Å². The van der Waals surface area contributed by atoms with E-state index in [9.17, 15) is 18.0 Å². The van der Waals surface area contributed by atoms with Crippen molar-refractivity contribution in [2.24, 2.45) is 5.92 Å². The van der Waals surface area contributed by atoms with Crippen molar-refractivity contribution < 1.29 is 22.7 Å². The van der Waals surface area contributed by atoms with Crippen molar-refractivity contribution in [2.75, 3.05) is 30.8 Å². The van der Waals surface area contributed by atoms with Crippen molar-refractivity contribution in [2.45, 2.75) is 39.8 Å². The molecule has 0 aromatic heterocycles. The number of methoxy groups -OCH3 is 1. The number of halogens is 1. The van der Waals surface area contributed by atoms with Crippen LogP contribution >= 0.6 is 11.6 Å². The average molecular weight is 600 g/mol. The van der Waals surface area contributed by atoms with Gasteiger partial charge in [-0.25, -0.2) is 8.42 Å². The summed E-state index contributed by atoms with van der Waals surface area (Å²) in [5, 5.41) is 3.51. The number of anilines is 1. The van der Waals surface area contributed by atoms with E-state index in [1.54, 1.807) is 42.5 Å². The molecule has 0 unspecified atom stereocenters. The van der Waals surface area contributed by atoms with Crippen LogP contribution in [-0.4, -0.2) is 57.6 Å². The molecule has 2 amide bonds. The van der Waals surface area contributed by atoms with Gasteiger partial charge in [-0.05, 0) is 53.8 Å². The minimum atomic E-state index is -3.91. The molecule has 0 bridgehead atoms. The van der Waals surface area contributed by atoms with Crippen LogP contribution in [0, 0.1) is 12.8 Å². The zero-order valence-electron chi connectivity index (χ0n) is 24.1. The Kier molecular flexibility index (Phi) is 11.2. The van der Waals surface area contributed by atoms with Crippen LogP contribution in [0.3, 0.4) is 0 Å². The molecule has 3 aromatic carbocycles. The van der Waals surface area contributed by atoms with Crippen molar-refractivity contribution >= 4 is 39.1 Å². The maximum absolute atomic E-state index is 14.2. The lowest BCUT2D eigenvalue weighted by Gasteiger charge is -2.34. The lowest BCUT2D eigenvalue weighted by atomic mass is 10.0. The normalized spacial score (nSPS) is 12.1. The van der Waals surface area contributed by atoms with Crippen LogP contribution in [0.5, 0.6) is 5.75 Å². The molecule has 220 valence electrons. The Morgan fingerprint density at radius 3 is 2.22 bits per heavy atom. The van der Waals surface area contributed by atoms with Gasteiger partial charge in [0.1, 0.15) is 18.3 Å². The molecule has 0 aliphatic heterocycles. The molecule has 0 aliphatic rings. The van der Waals surface area contributed by atoms with Crippen molar-refractivity contribution in [3.63, 3.8) is 0 Å². The zero-order valence-corrected chi connectivity index (χ0v) is 25.7. The molecule has 10 heteroatoms. The molecule has 1 atom stereocenters. The maximum atomic E-state index is 14.2. The Morgan fingerprint density at radius 1 is 0.976 bits per heavy atom. The number of benzene rings is 3. The summed E-state index contributed by atoms with van der Waals surface area (Å²) in [7, 11) is -2.47. The van der Waals surface area contributed by atoms with Crippen LogP contribution in [0.4, 0.5) is 5.69 Å². The quantitative estimate of drug-likeness (QED) is 0.303. The Hall–Kier alpha value is -3.56. The highest BCUT2D eigenvalue weighted by atomic mass is 35.5. The van der Waals surface area contributed by atoms with Crippen LogP contribution in [-0.2, 0) is 32.6 Å². The third kappa shape index (κ3) is 9.23. The maximum Gasteiger partial charge on any atom is 0.244 e. The molecule has 3 rings (SSSR count).